The fourth-order valence-corrected chi connectivity index (χ4v) is 1.09. The van der Waals surface area contributed by atoms with Gasteiger partial charge in [-0.05, 0) is 18.8 Å². The molecular formula is C9H16O. The predicted molar refractivity (Wildman–Crippen MR) is 43.5 cm³/mol. The minimum absolute atomic E-state index is 0.301. The Morgan fingerprint density at radius 1 is 1.50 bits per heavy atom. The second kappa shape index (κ2) is 5.32. The van der Waals surface area contributed by atoms with Gasteiger partial charge in [-0.1, -0.05) is 26.2 Å². The van der Waals surface area contributed by atoms with Crippen LogP contribution in [0.5, 0.6) is 0 Å². The number of terminal acetylenes is 1. The van der Waals surface area contributed by atoms with Gasteiger partial charge in [0.05, 0.1) is 0 Å². The van der Waals surface area contributed by atoms with Crippen molar-refractivity contribution in [3.63, 3.8) is 0 Å². The molecule has 0 aromatic carbocycles. The minimum Gasteiger partial charge on any atom is -0.380 e. The summed E-state index contributed by atoms with van der Waals surface area (Å²) in [5, 5.41) is 9.21. The molecule has 0 saturated heterocycles. The van der Waals surface area contributed by atoms with E-state index in [2.05, 4.69) is 19.8 Å². The van der Waals surface area contributed by atoms with Crippen LogP contribution in [0.1, 0.15) is 33.1 Å². The average Bonchev–Trinajstić information content (AvgIpc) is 1.99. The van der Waals surface area contributed by atoms with E-state index in [1.807, 2.05) is 0 Å². The summed E-state index contributed by atoms with van der Waals surface area (Å²) < 4.78 is 0. The number of aliphatic hydroxyl groups excluding tert-OH is 1. The van der Waals surface area contributed by atoms with Gasteiger partial charge in [0.1, 0.15) is 6.10 Å². The van der Waals surface area contributed by atoms with Gasteiger partial charge < -0.3 is 5.11 Å². The molecule has 0 bridgehead atoms. The highest BCUT2D eigenvalue weighted by Crippen LogP contribution is 2.14. The first-order chi connectivity index (χ1) is 4.76. The van der Waals surface area contributed by atoms with Crippen LogP contribution in [-0.2, 0) is 0 Å². The molecule has 0 aliphatic heterocycles. The van der Waals surface area contributed by atoms with Gasteiger partial charge >= 0.3 is 0 Å². The molecule has 1 nitrogen and oxygen atoms in total. The topological polar surface area (TPSA) is 20.2 Å². The van der Waals surface area contributed by atoms with Gasteiger partial charge in [-0.3, -0.25) is 0 Å². The molecule has 0 fully saturated rings. The minimum atomic E-state index is -0.537. The summed E-state index contributed by atoms with van der Waals surface area (Å²) in [5.74, 6) is 2.66. The number of hydrogen-bond donors (Lipinski definition) is 1. The Morgan fingerprint density at radius 3 is 2.40 bits per heavy atom. The van der Waals surface area contributed by atoms with Crippen molar-refractivity contribution in [2.45, 2.75) is 39.2 Å². The predicted octanol–water partition coefficient (Wildman–Crippen LogP) is 1.81. The van der Waals surface area contributed by atoms with Gasteiger partial charge in [-0.2, -0.15) is 0 Å². The van der Waals surface area contributed by atoms with Crippen LogP contribution in [0.3, 0.4) is 0 Å². The molecule has 1 N–H and O–H groups in total. The molecule has 0 aromatic rings. The molecule has 10 heavy (non-hydrogen) atoms. The van der Waals surface area contributed by atoms with Crippen molar-refractivity contribution in [2.24, 2.45) is 5.92 Å². The first kappa shape index (κ1) is 9.52. The SMILES string of the molecule is C#CC(O)C(CC)CCC. The molecule has 0 spiro atoms. The summed E-state index contributed by atoms with van der Waals surface area (Å²) in [6, 6.07) is 0. The quantitative estimate of drug-likeness (QED) is 0.590. The van der Waals surface area contributed by atoms with E-state index in [1.54, 1.807) is 0 Å². The summed E-state index contributed by atoms with van der Waals surface area (Å²) in [7, 11) is 0. The van der Waals surface area contributed by atoms with Gasteiger partial charge in [0, 0.05) is 0 Å². The Balaban J connectivity index is 3.71. The highest BCUT2D eigenvalue weighted by Gasteiger charge is 2.12. The van der Waals surface area contributed by atoms with Crippen molar-refractivity contribution in [1.82, 2.24) is 0 Å². The molecule has 0 radical (unpaired) electrons. The molecule has 2 atom stereocenters. The first-order valence-corrected chi connectivity index (χ1v) is 3.90. The van der Waals surface area contributed by atoms with E-state index in [0.717, 1.165) is 19.3 Å². The van der Waals surface area contributed by atoms with Gasteiger partial charge in [0.15, 0.2) is 0 Å². The zero-order valence-corrected chi connectivity index (χ0v) is 6.80. The Hall–Kier alpha value is -0.480. The van der Waals surface area contributed by atoms with E-state index in [0.29, 0.717) is 5.92 Å². The highest BCUT2D eigenvalue weighted by atomic mass is 16.3. The fourth-order valence-electron chi connectivity index (χ4n) is 1.09. The van der Waals surface area contributed by atoms with Crippen molar-refractivity contribution in [2.75, 3.05) is 0 Å². The molecule has 58 valence electrons. The number of aliphatic hydroxyl groups is 1. The summed E-state index contributed by atoms with van der Waals surface area (Å²) in [4.78, 5) is 0. The van der Waals surface area contributed by atoms with Crippen LogP contribution in [-0.4, -0.2) is 11.2 Å². The lowest BCUT2D eigenvalue weighted by Gasteiger charge is -2.15. The maximum absolute atomic E-state index is 9.21. The molecule has 0 saturated carbocycles. The zero-order chi connectivity index (χ0) is 7.98. The van der Waals surface area contributed by atoms with Crippen LogP contribution >= 0.6 is 0 Å². The molecule has 2 unspecified atom stereocenters. The summed E-state index contributed by atoms with van der Waals surface area (Å²) in [6.45, 7) is 4.16. The normalized spacial score (nSPS) is 15.8. The standard InChI is InChI=1S/C9H16O/c1-4-7-8(5-2)9(10)6-3/h3,8-10H,4-5,7H2,1-2H3. The fraction of sp³-hybridized carbons (Fsp3) is 0.778. The molecule has 0 aliphatic carbocycles. The molecule has 0 aromatic heterocycles. The van der Waals surface area contributed by atoms with Crippen LogP contribution < -0.4 is 0 Å². The van der Waals surface area contributed by atoms with Gasteiger partial charge in [0.2, 0.25) is 0 Å². The Bertz CT molecular complexity index is 112. The monoisotopic (exact) mass is 140 g/mol. The number of rotatable bonds is 4. The van der Waals surface area contributed by atoms with Crippen LogP contribution in [0.15, 0.2) is 0 Å². The van der Waals surface area contributed by atoms with Crippen molar-refractivity contribution < 1.29 is 5.11 Å². The van der Waals surface area contributed by atoms with Crippen molar-refractivity contribution >= 4 is 0 Å². The van der Waals surface area contributed by atoms with E-state index in [4.69, 9.17) is 6.42 Å². The third-order valence-electron chi connectivity index (χ3n) is 1.80. The molecule has 0 rings (SSSR count). The summed E-state index contributed by atoms with van der Waals surface area (Å²) in [6.07, 6.45) is 7.64. The molecule has 0 aliphatic rings. The first-order valence-electron chi connectivity index (χ1n) is 3.90. The van der Waals surface area contributed by atoms with Crippen LogP contribution in [0.2, 0.25) is 0 Å². The molecule has 0 heterocycles. The number of hydrogen-bond acceptors (Lipinski definition) is 1. The summed E-state index contributed by atoms with van der Waals surface area (Å²) >= 11 is 0. The van der Waals surface area contributed by atoms with Crippen LogP contribution in [0, 0.1) is 18.3 Å². The molecule has 1 heteroatoms. The Kier molecular flexibility index (Phi) is 5.06. The van der Waals surface area contributed by atoms with E-state index in [-0.39, 0.29) is 0 Å². The highest BCUT2D eigenvalue weighted by molar-refractivity contribution is 4.96. The Morgan fingerprint density at radius 2 is 2.10 bits per heavy atom. The average molecular weight is 140 g/mol. The lowest BCUT2D eigenvalue weighted by atomic mass is 9.95. The lowest BCUT2D eigenvalue weighted by molar-refractivity contribution is 0.151. The van der Waals surface area contributed by atoms with E-state index in [9.17, 15) is 5.11 Å². The smallest absolute Gasteiger partial charge is 0.117 e. The Labute approximate surface area is 63.5 Å². The second-order valence-corrected chi connectivity index (χ2v) is 2.57. The van der Waals surface area contributed by atoms with Gasteiger partial charge in [-0.25, -0.2) is 0 Å². The maximum Gasteiger partial charge on any atom is 0.117 e. The summed E-state index contributed by atoms with van der Waals surface area (Å²) in [5.41, 5.74) is 0. The van der Waals surface area contributed by atoms with E-state index in [1.165, 1.54) is 0 Å². The van der Waals surface area contributed by atoms with Gasteiger partial charge in [-0.15, -0.1) is 6.42 Å². The van der Waals surface area contributed by atoms with Gasteiger partial charge in [0.25, 0.3) is 0 Å². The van der Waals surface area contributed by atoms with E-state index < -0.39 is 6.10 Å². The van der Waals surface area contributed by atoms with Crippen molar-refractivity contribution in [3.05, 3.63) is 0 Å². The molecule has 0 amide bonds. The third kappa shape index (κ3) is 2.89. The van der Waals surface area contributed by atoms with Crippen LogP contribution in [0.25, 0.3) is 0 Å². The largest absolute Gasteiger partial charge is 0.380 e. The maximum atomic E-state index is 9.21. The van der Waals surface area contributed by atoms with Crippen molar-refractivity contribution in [3.8, 4) is 12.3 Å². The molecular weight excluding hydrogens is 124 g/mol. The second-order valence-electron chi connectivity index (χ2n) is 2.57. The third-order valence-corrected chi connectivity index (χ3v) is 1.80. The van der Waals surface area contributed by atoms with Crippen molar-refractivity contribution in [1.29, 1.82) is 0 Å². The van der Waals surface area contributed by atoms with Crippen LogP contribution in [0.4, 0.5) is 0 Å². The van der Waals surface area contributed by atoms with E-state index >= 15 is 0 Å². The lowest BCUT2D eigenvalue weighted by Crippen LogP contribution is -2.17. The zero-order valence-electron chi connectivity index (χ0n) is 6.80.